The fraction of sp³-hybridized carbons (Fsp3) is 0.222. The topological polar surface area (TPSA) is 73.8 Å². The van der Waals surface area contributed by atoms with E-state index in [1.807, 2.05) is 12.1 Å². The van der Waals surface area contributed by atoms with Gasteiger partial charge in [-0.3, -0.25) is 9.78 Å². The summed E-state index contributed by atoms with van der Waals surface area (Å²) in [4.78, 5) is 24.2. The van der Waals surface area contributed by atoms with Crippen molar-refractivity contribution in [2.75, 3.05) is 20.8 Å². The lowest BCUT2D eigenvalue weighted by Gasteiger charge is -2.38. The number of fused-ring (bicyclic) bond motifs is 2. The van der Waals surface area contributed by atoms with E-state index in [0.717, 1.165) is 5.56 Å². The van der Waals surface area contributed by atoms with Crippen LogP contribution in [-0.2, 0) is 6.42 Å². The first-order chi connectivity index (χ1) is 17.8. The molecule has 7 nitrogen and oxygen atoms in total. The Balaban J connectivity index is 1.64. The summed E-state index contributed by atoms with van der Waals surface area (Å²) in [6.07, 6.45) is -2.97. The second-order valence-corrected chi connectivity index (χ2v) is 8.42. The van der Waals surface area contributed by atoms with Gasteiger partial charge in [0.1, 0.15) is 22.9 Å². The van der Waals surface area contributed by atoms with Crippen LogP contribution >= 0.6 is 0 Å². The monoisotopic (exact) mass is 509 g/mol. The average Bonchev–Trinajstić information content (AvgIpc) is 2.90. The summed E-state index contributed by atoms with van der Waals surface area (Å²) in [6, 6.07) is 15.5. The molecule has 1 amide bonds. The molecule has 0 bridgehead atoms. The van der Waals surface area contributed by atoms with Crippen LogP contribution in [0.5, 0.6) is 17.2 Å². The SMILES string of the molecule is COc1cc2c(c(OC)c1)C(c1cccc(OC(F)(F)F)c1)N(C(=O)c1cnc3ccccc3n1)CC2. The molecule has 0 fully saturated rings. The van der Waals surface area contributed by atoms with E-state index in [2.05, 4.69) is 14.7 Å². The lowest BCUT2D eigenvalue weighted by Crippen LogP contribution is -2.41. The summed E-state index contributed by atoms with van der Waals surface area (Å²) in [5.41, 5.74) is 3.27. The van der Waals surface area contributed by atoms with Gasteiger partial charge in [-0.15, -0.1) is 13.2 Å². The summed E-state index contributed by atoms with van der Waals surface area (Å²) in [5, 5.41) is 0. The lowest BCUT2D eigenvalue weighted by atomic mass is 9.86. The zero-order chi connectivity index (χ0) is 26.2. The fourth-order valence-corrected chi connectivity index (χ4v) is 4.64. The highest BCUT2D eigenvalue weighted by atomic mass is 19.4. The molecule has 4 aromatic rings. The highest BCUT2D eigenvalue weighted by Crippen LogP contribution is 2.44. The standard InChI is InChI=1S/C27H22F3N3O4/c1-35-19-12-16-10-11-33(26(34)22-15-31-20-8-3-4-9-21(20)32-22)25(24(16)23(14-19)36-2)17-6-5-7-18(13-17)37-27(28,29)30/h3-9,12-15,25H,10-11H2,1-2H3. The molecular formula is C27H22F3N3O4. The molecule has 0 saturated heterocycles. The van der Waals surface area contributed by atoms with Crippen LogP contribution in [0.2, 0.25) is 0 Å². The molecule has 0 N–H and O–H groups in total. The van der Waals surface area contributed by atoms with Gasteiger partial charge in [-0.2, -0.15) is 0 Å². The molecule has 1 aliphatic rings. The molecular weight excluding hydrogens is 487 g/mol. The number of benzene rings is 3. The number of aromatic nitrogens is 2. The predicted molar refractivity (Wildman–Crippen MR) is 129 cm³/mol. The molecule has 0 saturated carbocycles. The number of amides is 1. The molecule has 1 aliphatic heterocycles. The van der Waals surface area contributed by atoms with E-state index in [9.17, 15) is 18.0 Å². The molecule has 5 rings (SSSR count). The van der Waals surface area contributed by atoms with E-state index in [-0.39, 0.29) is 18.0 Å². The highest BCUT2D eigenvalue weighted by molar-refractivity contribution is 5.94. The van der Waals surface area contributed by atoms with E-state index in [0.29, 0.717) is 40.1 Å². The van der Waals surface area contributed by atoms with Crippen molar-refractivity contribution in [2.24, 2.45) is 0 Å². The summed E-state index contributed by atoms with van der Waals surface area (Å²) >= 11 is 0. The normalized spacial score (nSPS) is 15.3. The Bertz CT molecular complexity index is 1460. The maximum atomic E-state index is 13.8. The van der Waals surface area contributed by atoms with Crippen LogP contribution in [0.25, 0.3) is 11.0 Å². The Hall–Kier alpha value is -4.34. The van der Waals surface area contributed by atoms with Gasteiger partial charge in [0.2, 0.25) is 0 Å². The number of carbonyl (C=O) groups excluding carboxylic acids is 1. The summed E-state index contributed by atoms with van der Waals surface area (Å²) in [7, 11) is 3.03. The van der Waals surface area contributed by atoms with Gasteiger partial charge in [-0.1, -0.05) is 24.3 Å². The van der Waals surface area contributed by atoms with Gasteiger partial charge in [0.05, 0.1) is 37.5 Å². The van der Waals surface area contributed by atoms with E-state index in [1.165, 1.54) is 38.6 Å². The van der Waals surface area contributed by atoms with Crippen molar-refractivity contribution in [2.45, 2.75) is 18.8 Å². The molecule has 3 aromatic carbocycles. The summed E-state index contributed by atoms with van der Waals surface area (Å²) in [5.74, 6) is 0.226. The van der Waals surface area contributed by atoms with Crippen LogP contribution in [-0.4, -0.2) is 47.9 Å². The predicted octanol–water partition coefficient (Wildman–Crippen LogP) is 5.33. The molecule has 0 spiro atoms. The first kappa shape index (κ1) is 24.4. The minimum absolute atomic E-state index is 0.127. The van der Waals surface area contributed by atoms with Crippen LogP contribution < -0.4 is 14.2 Å². The highest BCUT2D eigenvalue weighted by Gasteiger charge is 2.37. The lowest BCUT2D eigenvalue weighted by molar-refractivity contribution is -0.274. The van der Waals surface area contributed by atoms with Gasteiger partial charge in [0.25, 0.3) is 5.91 Å². The molecule has 37 heavy (non-hydrogen) atoms. The van der Waals surface area contributed by atoms with Crippen molar-refractivity contribution in [3.8, 4) is 17.2 Å². The fourth-order valence-electron chi connectivity index (χ4n) is 4.64. The summed E-state index contributed by atoms with van der Waals surface area (Å²) in [6.45, 7) is 0.283. The second-order valence-electron chi connectivity index (χ2n) is 8.42. The number of hydrogen-bond acceptors (Lipinski definition) is 6. The van der Waals surface area contributed by atoms with Crippen LogP contribution in [0, 0.1) is 0 Å². The number of para-hydroxylation sites is 2. The van der Waals surface area contributed by atoms with Gasteiger partial charge < -0.3 is 19.1 Å². The molecule has 1 atom stereocenters. The van der Waals surface area contributed by atoms with Crippen molar-refractivity contribution in [3.63, 3.8) is 0 Å². The Labute approximate surface area is 210 Å². The summed E-state index contributed by atoms with van der Waals surface area (Å²) < 4.78 is 54.1. The van der Waals surface area contributed by atoms with Gasteiger partial charge in [0.15, 0.2) is 0 Å². The molecule has 1 aromatic heterocycles. The maximum Gasteiger partial charge on any atom is 0.573 e. The molecule has 10 heteroatoms. The van der Waals surface area contributed by atoms with Crippen molar-refractivity contribution >= 4 is 16.9 Å². The van der Waals surface area contributed by atoms with Crippen LogP contribution in [0.15, 0.2) is 66.9 Å². The van der Waals surface area contributed by atoms with Gasteiger partial charge in [-0.25, -0.2) is 4.98 Å². The minimum atomic E-state index is -4.86. The number of alkyl halides is 3. The third-order valence-corrected chi connectivity index (χ3v) is 6.20. The quantitative estimate of drug-likeness (QED) is 0.362. The zero-order valence-electron chi connectivity index (χ0n) is 20.0. The average molecular weight is 509 g/mol. The van der Waals surface area contributed by atoms with Crippen molar-refractivity contribution < 1.29 is 32.2 Å². The Kier molecular flexibility index (Phi) is 6.32. The molecule has 0 radical (unpaired) electrons. The van der Waals surface area contributed by atoms with Gasteiger partial charge in [0, 0.05) is 18.2 Å². The van der Waals surface area contributed by atoms with Gasteiger partial charge in [-0.05, 0) is 47.9 Å². The molecule has 0 aliphatic carbocycles. The van der Waals surface area contributed by atoms with Crippen LogP contribution in [0.3, 0.4) is 0 Å². The molecule has 1 unspecified atom stereocenters. The van der Waals surface area contributed by atoms with E-state index in [4.69, 9.17) is 9.47 Å². The Morgan fingerprint density at radius 1 is 0.973 bits per heavy atom. The Morgan fingerprint density at radius 3 is 2.49 bits per heavy atom. The number of rotatable bonds is 5. The van der Waals surface area contributed by atoms with E-state index in [1.54, 1.807) is 35.2 Å². The van der Waals surface area contributed by atoms with Crippen LogP contribution in [0.4, 0.5) is 13.2 Å². The number of nitrogens with zero attached hydrogens (tertiary/aromatic N) is 3. The van der Waals surface area contributed by atoms with E-state index >= 15 is 0 Å². The van der Waals surface area contributed by atoms with Gasteiger partial charge >= 0.3 is 6.36 Å². The third-order valence-electron chi connectivity index (χ3n) is 6.20. The first-order valence-corrected chi connectivity index (χ1v) is 11.4. The minimum Gasteiger partial charge on any atom is -0.497 e. The number of carbonyl (C=O) groups is 1. The second kappa shape index (κ2) is 9.61. The third kappa shape index (κ3) is 4.87. The number of methoxy groups -OCH3 is 2. The van der Waals surface area contributed by atoms with E-state index < -0.39 is 18.3 Å². The van der Waals surface area contributed by atoms with Crippen molar-refractivity contribution in [1.29, 1.82) is 0 Å². The maximum absolute atomic E-state index is 13.8. The molecule has 2 heterocycles. The van der Waals surface area contributed by atoms with Crippen molar-refractivity contribution in [3.05, 3.63) is 89.2 Å². The van der Waals surface area contributed by atoms with Crippen LogP contribution in [0.1, 0.15) is 33.2 Å². The number of halogens is 3. The number of ether oxygens (including phenoxy) is 3. The number of hydrogen-bond donors (Lipinski definition) is 0. The largest absolute Gasteiger partial charge is 0.573 e. The zero-order valence-corrected chi connectivity index (χ0v) is 20.0. The Morgan fingerprint density at radius 2 is 1.76 bits per heavy atom. The van der Waals surface area contributed by atoms with Crippen molar-refractivity contribution in [1.82, 2.24) is 14.9 Å². The first-order valence-electron chi connectivity index (χ1n) is 11.4. The smallest absolute Gasteiger partial charge is 0.497 e. The molecule has 190 valence electrons.